The van der Waals surface area contributed by atoms with E-state index in [0.29, 0.717) is 0 Å². The van der Waals surface area contributed by atoms with E-state index < -0.39 is 0 Å². The van der Waals surface area contributed by atoms with Crippen LogP contribution in [0.2, 0.25) is 0 Å². The number of aromatic nitrogens is 3. The largest absolute Gasteiger partial charge is 0.361 e. The lowest BCUT2D eigenvalue weighted by Gasteiger charge is -2.04. The van der Waals surface area contributed by atoms with Crippen LogP contribution in [0, 0.1) is 0 Å². The second kappa shape index (κ2) is 5.66. The molecule has 0 N–H and O–H groups in total. The van der Waals surface area contributed by atoms with Crippen LogP contribution in [0.25, 0.3) is 0 Å². The van der Waals surface area contributed by atoms with Gasteiger partial charge in [-0.15, -0.1) is 0 Å². The summed E-state index contributed by atoms with van der Waals surface area (Å²) in [5.74, 6) is 2.14. The standard InChI is InChI=1S/C13H19N3O/c1-3-11-10-12(17-15-11)6-5-8-16-9-7-14-13(16)4-2/h7,9-10H,3-6,8H2,1-2H3. The van der Waals surface area contributed by atoms with Crippen LogP contribution in [0.5, 0.6) is 0 Å². The third-order valence-corrected chi connectivity index (χ3v) is 2.91. The quantitative estimate of drug-likeness (QED) is 0.770. The molecular formula is C13H19N3O. The molecule has 2 aromatic rings. The molecule has 0 bridgehead atoms. The normalized spacial score (nSPS) is 10.9. The molecule has 0 radical (unpaired) electrons. The fourth-order valence-electron chi connectivity index (χ4n) is 1.92. The first-order valence-corrected chi connectivity index (χ1v) is 6.28. The first kappa shape index (κ1) is 11.9. The molecular weight excluding hydrogens is 214 g/mol. The van der Waals surface area contributed by atoms with Crippen LogP contribution in [-0.4, -0.2) is 14.7 Å². The molecule has 92 valence electrons. The number of hydrogen-bond acceptors (Lipinski definition) is 3. The average Bonchev–Trinajstić information content (AvgIpc) is 2.97. The van der Waals surface area contributed by atoms with Crippen molar-refractivity contribution in [3.63, 3.8) is 0 Å². The van der Waals surface area contributed by atoms with Gasteiger partial charge in [0.15, 0.2) is 0 Å². The first-order valence-electron chi connectivity index (χ1n) is 6.28. The highest BCUT2D eigenvalue weighted by Gasteiger charge is 2.04. The van der Waals surface area contributed by atoms with Crippen molar-refractivity contribution in [2.75, 3.05) is 0 Å². The van der Waals surface area contributed by atoms with E-state index in [4.69, 9.17) is 4.52 Å². The van der Waals surface area contributed by atoms with Gasteiger partial charge in [-0.05, 0) is 12.8 Å². The molecule has 2 rings (SSSR count). The lowest BCUT2D eigenvalue weighted by Crippen LogP contribution is -2.02. The molecule has 0 spiro atoms. The lowest BCUT2D eigenvalue weighted by atomic mass is 10.2. The van der Waals surface area contributed by atoms with Gasteiger partial charge in [0.25, 0.3) is 0 Å². The van der Waals surface area contributed by atoms with Gasteiger partial charge in [-0.25, -0.2) is 4.98 Å². The molecule has 0 saturated carbocycles. The summed E-state index contributed by atoms with van der Waals surface area (Å²) >= 11 is 0. The zero-order valence-corrected chi connectivity index (χ0v) is 10.5. The minimum Gasteiger partial charge on any atom is -0.361 e. The maximum Gasteiger partial charge on any atom is 0.137 e. The van der Waals surface area contributed by atoms with Crippen LogP contribution < -0.4 is 0 Å². The smallest absolute Gasteiger partial charge is 0.137 e. The van der Waals surface area contributed by atoms with E-state index in [0.717, 1.165) is 49.5 Å². The Balaban J connectivity index is 1.83. The Labute approximate surface area is 102 Å². The summed E-state index contributed by atoms with van der Waals surface area (Å²) in [4.78, 5) is 4.30. The summed E-state index contributed by atoms with van der Waals surface area (Å²) in [6, 6.07) is 2.05. The van der Waals surface area contributed by atoms with Crippen molar-refractivity contribution in [2.24, 2.45) is 0 Å². The highest BCUT2D eigenvalue weighted by Crippen LogP contribution is 2.08. The number of imidazole rings is 1. The molecule has 0 atom stereocenters. The van der Waals surface area contributed by atoms with Crippen LogP contribution >= 0.6 is 0 Å². The van der Waals surface area contributed by atoms with E-state index in [1.165, 1.54) is 0 Å². The molecule has 0 saturated heterocycles. The van der Waals surface area contributed by atoms with Gasteiger partial charge < -0.3 is 9.09 Å². The number of nitrogens with zero attached hydrogens (tertiary/aromatic N) is 3. The third kappa shape index (κ3) is 2.96. The minimum absolute atomic E-state index is 0.936. The Morgan fingerprint density at radius 3 is 2.88 bits per heavy atom. The van der Waals surface area contributed by atoms with Crippen molar-refractivity contribution in [1.29, 1.82) is 0 Å². The number of rotatable bonds is 6. The Bertz CT molecular complexity index is 459. The minimum atomic E-state index is 0.936. The monoisotopic (exact) mass is 233 g/mol. The number of hydrogen-bond donors (Lipinski definition) is 0. The Morgan fingerprint density at radius 2 is 2.18 bits per heavy atom. The van der Waals surface area contributed by atoms with Crippen molar-refractivity contribution in [3.8, 4) is 0 Å². The van der Waals surface area contributed by atoms with Crippen molar-refractivity contribution >= 4 is 0 Å². The van der Waals surface area contributed by atoms with Crippen LogP contribution in [-0.2, 0) is 25.8 Å². The van der Waals surface area contributed by atoms with Gasteiger partial charge in [0.1, 0.15) is 11.6 Å². The molecule has 0 aromatic carbocycles. The van der Waals surface area contributed by atoms with Gasteiger partial charge >= 0.3 is 0 Å². The summed E-state index contributed by atoms with van der Waals surface area (Å²) < 4.78 is 7.46. The predicted molar refractivity (Wildman–Crippen MR) is 65.8 cm³/mol. The second-order valence-electron chi connectivity index (χ2n) is 4.13. The summed E-state index contributed by atoms with van der Waals surface area (Å²) in [5, 5.41) is 3.99. The van der Waals surface area contributed by atoms with E-state index in [2.05, 4.69) is 34.6 Å². The van der Waals surface area contributed by atoms with Gasteiger partial charge in [0.2, 0.25) is 0 Å². The topological polar surface area (TPSA) is 43.9 Å². The van der Waals surface area contributed by atoms with Crippen molar-refractivity contribution in [1.82, 2.24) is 14.7 Å². The van der Waals surface area contributed by atoms with Crippen molar-refractivity contribution in [2.45, 2.75) is 46.1 Å². The lowest BCUT2D eigenvalue weighted by molar-refractivity contribution is 0.372. The zero-order chi connectivity index (χ0) is 12.1. The van der Waals surface area contributed by atoms with Crippen LogP contribution in [0.3, 0.4) is 0 Å². The van der Waals surface area contributed by atoms with Crippen LogP contribution in [0.1, 0.15) is 37.5 Å². The molecule has 0 amide bonds. The van der Waals surface area contributed by atoms with Crippen molar-refractivity contribution < 1.29 is 4.52 Å². The molecule has 0 aliphatic carbocycles. The van der Waals surface area contributed by atoms with Gasteiger partial charge in [0, 0.05) is 37.8 Å². The molecule has 2 aromatic heterocycles. The molecule has 0 fully saturated rings. The molecule has 17 heavy (non-hydrogen) atoms. The van der Waals surface area contributed by atoms with Gasteiger partial charge in [-0.2, -0.15) is 0 Å². The maximum atomic E-state index is 5.26. The van der Waals surface area contributed by atoms with E-state index in [9.17, 15) is 0 Å². The summed E-state index contributed by atoms with van der Waals surface area (Å²) in [5.41, 5.74) is 1.04. The Hall–Kier alpha value is -1.58. The van der Waals surface area contributed by atoms with E-state index in [1.807, 2.05) is 12.4 Å². The van der Waals surface area contributed by atoms with Crippen molar-refractivity contribution in [3.05, 3.63) is 35.7 Å². The summed E-state index contributed by atoms with van der Waals surface area (Å²) in [6.07, 6.45) is 7.81. The molecule has 0 unspecified atom stereocenters. The van der Waals surface area contributed by atoms with E-state index >= 15 is 0 Å². The summed E-state index contributed by atoms with van der Waals surface area (Å²) in [7, 11) is 0. The highest BCUT2D eigenvalue weighted by atomic mass is 16.5. The van der Waals surface area contributed by atoms with Gasteiger partial charge in [0.05, 0.1) is 5.69 Å². The predicted octanol–water partition coefficient (Wildman–Crippen LogP) is 2.63. The molecule has 0 aliphatic rings. The van der Waals surface area contributed by atoms with E-state index in [-0.39, 0.29) is 0 Å². The molecule has 4 nitrogen and oxygen atoms in total. The highest BCUT2D eigenvalue weighted by molar-refractivity contribution is 5.05. The van der Waals surface area contributed by atoms with Crippen LogP contribution in [0.4, 0.5) is 0 Å². The zero-order valence-electron chi connectivity index (χ0n) is 10.5. The van der Waals surface area contributed by atoms with Crippen LogP contribution in [0.15, 0.2) is 23.0 Å². The molecule has 2 heterocycles. The Morgan fingerprint density at radius 1 is 1.29 bits per heavy atom. The average molecular weight is 233 g/mol. The SMILES string of the molecule is CCc1cc(CCCn2ccnc2CC)on1. The molecule has 4 heteroatoms. The summed E-state index contributed by atoms with van der Waals surface area (Å²) in [6.45, 7) is 5.20. The Kier molecular flexibility index (Phi) is 3.96. The fourth-order valence-corrected chi connectivity index (χ4v) is 1.92. The maximum absolute atomic E-state index is 5.26. The van der Waals surface area contributed by atoms with Gasteiger partial charge in [-0.1, -0.05) is 19.0 Å². The fraction of sp³-hybridized carbons (Fsp3) is 0.538. The number of aryl methyl sites for hydroxylation is 4. The molecule has 0 aliphatic heterocycles. The van der Waals surface area contributed by atoms with Gasteiger partial charge in [-0.3, -0.25) is 0 Å². The third-order valence-electron chi connectivity index (χ3n) is 2.91. The van der Waals surface area contributed by atoms with E-state index in [1.54, 1.807) is 0 Å². The second-order valence-corrected chi connectivity index (χ2v) is 4.13. The first-order chi connectivity index (χ1) is 8.33.